The molecule has 2 rings (SSSR count). The molecule has 0 amide bonds. The van der Waals surface area contributed by atoms with E-state index in [1.807, 2.05) is 24.3 Å². The third-order valence-electron chi connectivity index (χ3n) is 3.06. The van der Waals surface area contributed by atoms with Crippen LogP contribution in [0.1, 0.15) is 17.5 Å². The van der Waals surface area contributed by atoms with Crippen molar-refractivity contribution in [3.05, 3.63) is 48.2 Å². The number of benzene rings is 1. The highest BCUT2D eigenvalue weighted by Crippen LogP contribution is 2.08. The monoisotopic (exact) mass is 244 g/mol. The lowest BCUT2D eigenvalue weighted by atomic mass is 10.3. The van der Waals surface area contributed by atoms with Gasteiger partial charge in [-0.3, -0.25) is 4.79 Å². The van der Waals surface area contributed by atoms with Crippen molar-refractivity contribution in [3.63, 3.8) is 0 Å². The summed E-state index contributed by atoms with van der Waals surface area (Å²) in [6, 6.07) is 14.1. The minimum Gasteiger partial charge on any atom is -0.463 e. The van der Waals surface area contributed by atoms with Crippen LogP contribution in [0.4, 0.5) is 0 Å². The lowest BCUT2D eigenvalue weighted by Gasteiger charge is -2.19. The van der Waals surface area contributed by atoms with E-state index in [0.29, 0.717) is 5.76 Å². The number of hydrogen-bond acceptors (Lipinski definition) is 2. The number of carbonyl (C=O) groups is 1. The Labute approximate surface area is 102 Å². The standard InChI is InChI=1S/C14H16O2Si/c1-11(15)13-9-10-14(16-13)17(2,3)12-7-5-4-6-8-12/h4-10H,1-3H3. The molecule has 1 aromatic heterocycles. The van der Waals surface area contributed by atoms with Crippen LogP contribution in [-0.2, 0) is 0 Å². The van der Waals surface area contributed by atoms with Gasteiger partial charge in [0.15, 0.2) is 19.6 Å². The molecular weight excluding hydrogens is 228 g/mol. The van der Waals surface area contributed by atoms with Crippen LogP contribution < -0.4 is 10.6 Å². The second kappa shape index (κ2) is 4.34. The molecule has 0 spiro atoms. The van der Waals surface area contributed by atoms with Crippen molar-refractivity contribution >= 4 is 24.4 Å². The fourth-order valence-electron chi connectivity index (χ4n) is 1.86. The van der Waals surface area contributed by atoms with Crippen molar-refractivity contribution in [1.82, 2.24) is 0 Å². The maximum Gasteiger partial charge on any atom is 0.194 e. The summed E-state index contributed by atoms with van der Waals surface area (Å²) in [5.74, 6) is 0.436. The molecule has 0 atom stereocenters. The van der Waals surface area contributed by atoms with Gasteiger partial charge >= 0.3 is 0 Å². The van der Waals surface area contributed by atoms with Gasteiger partial charge < -0.3 is 4.42 Å². The average Bonchev–Trinajstić information content (AvgIpc) is 2.80. The van der Waals surface area contributed by atoms with E-state index >= 15 is 0 Å². The van der Waals surface area contributed by atoms with Gasteiger partial charge in [0.2, 0.25) is 0 Å². The van der Waals surface area contributed by atoms with E-state index in [1.54, 1.807) is 6.07 Å². The second-order valence-electron chi connectivity index (χ2n) is 4.71. The fourth-order valence-corrected chi connectivity index (χ4v) is 4.04. The van der Waals surface area contributed by atoms with E-state index in [9.17, 15) is 4.79 Å². The lowest BCUT2D eigenvalue weighted by Crippen LogP contribution is -2.52. The predicted octanol–water partition coefficient (Wildman–Crippen LogP) is 2.30. The van der Waals surface area contributed by atoms with E-state index in [2.05, 4.69) is 25.2 Å². The summed E-state index contributed by atoms with van der Waals surface area (Å²) in [7, 11) is -1.80. The first-order valence-corrected chi connectivity index (χ1v) is 8.68. The number of Topliss-reactive ketones (excluding diaryl/α,β-unsaturated/α-hetero) is 1. The van der Waals surface area contributed by atoms with Crippen LogP contribution in [-0.4, -0.2) is 13.9 Å². The van der Waals surface area contributed by atoms with Gasteiger partial charge in [0.05, 0.1) is 5.38 Å². The highest BCUT2D eigenvalue weighted by atomic mass is 28.3. The molecule has 0 saturated carbocycles. The Kier molecular flexibility index (Phi) is 3.02. The molecule has 0 aliphatic heterocycles. The molecule has 0 aliphatic rings. The maximum atomic E-state index is 11.2. The summed E-state index contributed by atoms with van der Waals surface area (Å²) >= 11 is 0. The molecule has 0 saturated heterocycles. The lowest BCUT2D eigenvalue weighted by molar-refractivity contribution is 0.0988. The molecule has 88 valence electrons. The van der Waals surface area contributed by atoms with E-state index in [1.165, 1.54) is 12.1 Å². The van der Waals surface area contributed by atoms with Gasteiger partial charge in [-0.05, 0) is 12.1 Å². The number of rotatable bonds is 3. The summed E-state index contributed by atoms with van der Waals surface area (Å²) in [4.78, 5) is 11.2. The summed E-state index contributed by atoms with van der Waals surface area (Å²) in [5.41, 5.74) is 0. The minimum atomic E-state index is -1.80. The van der Waals surface area contributed by atoms with Gasteiger partial charge in [0, 0.05) is 6.92 Å². The van der Waals surface area contributed by atoms with Gasteiger partial charge in [-0.1, -0.05) is 48.6 Å². The van der Waals surface area contributed by atoms with Crippen LogP contribution in [0, 0.1) is 0 Å². The van der Waals surface area contributed by atoms with Crippen LogP contribution >= 0.6 is 0 Å². The summed E-state index contributed by atoms with van der Waals surface area (Å²) in [6.07, 6.45) is 0. The van der Waals surface area contributed by atoms with Crippen molar-refractivity contribution in [3.8, 4) is 0 Å². The molecule has 0 N–H and O–H groups in total. The van der Waals surface area contributed by atoms with Crippen LogP contribution in [0.2, 0.25) is 13.1 Å². The number of furan rings is 1. The van der Waals surface area contributed by atoms with E-state index in [-0.39, 0.29) is 5.78 Å². The molecule has 2 aromatic rings. The van der Waals surface area contributed by atoms with E-state index in [0.717, 1.165) is 5.38 Å². The van der Waals surface area contributed by atoms with E-state index in [4.69, 9.17) is 4.42 Å². The van der Waals surface area contributed by atoms with E-state index < -0.39 is 8.07 Å². The normalized spacial score (nSPS) is 11.5. The molecule has 3 heteroatoms. The molecule has 0 radical (unpaired) electrons. The SMILES string of the molecule is CC(=O)c1ccc([Si](C)(C)c2ccccc2)o1. The molecule has 1 heterocycles. The van der Waals surface area contributed by atoms with Crippen molar-refractivity contribution in [2.24, 2.45) is 0 Å². The average molecular weight is 244 g/mol. The quantitative estimate of drug-likeness (QED) is 0.612. The first-order chi connectivity index (χ1) is 8.01. The van der Waals surface area contributed by atoms with Crippen LogP contribution in [0.3, 0.4) is 0 Å². The highest BCUT2D eigenvalue weighted by molar-refractivity contribution is 6.99. The Morgan fingerprint density at radius 3 is 2.24 bits per heavy atom. The van der Waals surface area contributed by atoms with Gasteiger partial charge in [-0.25, -0.2) is 0 Å². The maximum absolute atomic E-state index is 11.2. The Morgan fingerprint density at radius 1 is 1.06 bits per heavy atom. The van der Waals surface area contributed by atoms with Crippen LogP contribution in [0.25, 0.3) is 0 Å². The molecule has 2 nitrogen and oxygen atoms in total. The van der Waals surface area contributed by atoms with Gasteiger partial charge in [-0.15, -0.1) is 0 Å². The molecule has 0 fully saturated rings. The topological polar surface area (TPSA) is 30.2 Å². The minimum absolute atomic E-state index is 0.0193. The summed E-state index contributed by atoms with van der Waals surface area (Å²) in [5, 5.41) is 2.26. The Balaban J connectivity index is 2.41. The fraction of sp³-hybridized carbons (Fsp3) is 0.214. The first kappa shape index (κ1) is 11.9. The second-order valence-corrected chi connectivity index (χ2v) is 9.03. The molecule has 0 bridgehead atoms. The zero-order chi connectivity index (χ0) is 12.5. The van der Waals surface area contributed by atoms with Crippen molar-refractivity contribution in [1.29, 1.82) is 0 Å². The molecule has 0 aliphatic carbocycles. The highest BCUT2D eigenvalue weighted by Gasteiger charge is 2.29. The predicted molar refractivity (Wildman–Crippen MR) is 71.9 cm³/mol. The van der Waals surface area contributed by atoms with Crippen molar-refractivity contribution < 1.29 is 9.21 Å². The van der Waals surface area contributed by atoms with Crippen LogP contribution in [0.5, 0.6) is 0 Å². The third kappa shape index (κ3) is 2.24. The number of hydrogen-bond donors (Lipinski definition) is 0. The Morgan fingerprint density at radius 2 is 1.71 bits per heavy atom. The van der Waals surface area contributed by atoms with Crippen molar-refractivity contribution in [2.45, 2.75) is 20.0 Å². The van der Waals surface area contributed by atoms with Gasteiger partial charge in [-0.2, -0.15) is 0 Å². The molecule has 0 unspecified atom stereocenters. The smallest absolute Gasteiger partial charge is 0.194 e. The van der Waals surface area contributed by atoms with Gasteiger partial charge in [0.1, 0.15) is 0 Å². The zero-order valence-corrected chi connectivity index (χ0v) is 11.4. The summed E-state index contributed by atoms with van der Waals surface area (Å²) < 4.78 is 5.68. The molecule has 17 heavy (non-hydrogen) atoms. The third-order valence-corrected chi connectivity index (χ3v) is 6.34. The number of ketones is 1. The Bertz CT molecular complexity index is 526. The first-order valence-electron chi connectivity index (χ1n) is 5.68. The Hall–Kier alpha value is -1.61. The summed E-state index contributed by atoms with van der Waals surface area (Å²) in [6.45, 7) is 5.98. The number of carbonyl (C=O) groups excluding carboxylic acids is 1. The largest absolute Gasteiger partial charge is 0.463 e. The molecular formula is C14H16O2Si. The van der Waals surface area contributed by atoms with Gasteiger partial charge in [0.25, 0.3) is 0 Å². The van der Waals surface area contributed by atoms with Crippen LogP contribution in [0.15, 0.2) is 46.9 Å². The van der Waals surface area contributed by atoms with Crippen molar-refractivity contribution in [2.75, 3.05) is 0 Å². The molecule has 1 aromatic carbocycles. The zero-order valence-electron chi connectivity index (χ0n) is 10.4.